The summed E-state index contributed by atoms with van der Waals surface area (Å²) in [7, 11) is 1.38. The summed E-state index contributed by atoms with van der Waals surface area (Å²) in [5, 5.41) is 3.21. The Bertz CT molecular complexity index is 418. The second kappa shape index (κ2) is 5.96. The number of nitrogens with one attached hydrogen (secondary N) is 1. The molecule has 0 spiro atoms. The van der Waals surface area contributed by atoms with E-state index in [0.29, 0.717) is 6.54 Å². The van der Waals surface area contributed by atoms with Crippen molar-refractivity contribution in [3.05, 3.63) is 35.6 Å². The highest BCUT2D eigenvalue weighted by atomic mass is 19.1. The van der Waals surface area contributed by atoms with Gasteiger partial charge in [0.2, 0.25) is 0 Å². The minimum absolute atomic E-state index is 0.0235. The fraction of sp³-hybridized carbons (Fsp3) is 0.500. The number of halogens is 1. The van der Waals surface area contributed by atoms with E-state index in [-0.39, 0.29) is 17.8 Å². The molecule has 0 radical (unpaired) electrons. The van der Waals surface area contributed by atoms with E-state index in [0.717, 1.165) is 5.56 Å². The van der Waals surface area contributed by atoms with Crippen LogP contribution in [0.15, 0.2) is 24.3 Å². The van der Waals surface area contributed by atoms with Crippen LogP contribution in [0, 0.1) is 11.2 Å². The van der Waals surface area contributed by atoms with Crippen molar-refractivity contribution in [1.29, 1.82) is 0 Å². The lowest BCUT2D eigenvalue weighted by atomic mass is 9.93. The minimum Gasteiger partial charge on any atom is -0.469 e. The van der Waals surface area contributed by atoms with Gasteiger partial charge in [-0.05, 0) is 38.5 Å². The molecule has 100 valence electrons. The molecular formula is C14H20FNO2. The van der Waals surface area contributed by atoms with E-state index in [9.17, 15) is 9.18 Å². The Balaban J connectivity index is 2.61. The van der Waals surface area contributed by atoms with Crippen molar-refractivity contribution in [2.75, 3.05) is 13.7 Å². The third-order valence-corrected chi connectivity index (χ3v) is 2.94. The third kappa shape index (κ3) is 3.81. The first-order valence-corrected chi connectivity index (χ1v) is 5.94. The van der Waals surface area contributed by atoms with Crippen molar-refractivity contribution in [2.24, 2.45) is 5.41 Å². The Morgan fingerprint density at radius 1 is 1.50 bits per heavy atom. The van der Waals surface area contributed by atoms with Crippen LogP contribution in [0.5, 0.6) is 0 Å². The zero-order valence-corrected chi connectivity index (χ0v) is 11.3. The largest absolute Gasteiger partial charge is 0.469 e. The summed E-state index contributed by atoms with van der Waals surface area (Å²) in [5.41, 5.74) is 0.256. The van der Waals surface area contributed by atoms with E-state index < -0.39 is 5.41 Å². The molecule has 0 aromatic heterocycles. The van der Waals surface area contributed by atoms with Gasteiger partial charge in [-0.3, -0.25) is 4.79 Å². The Morgan fingerprint density at radius 3 is 2.72 bits per heavy atom. The van der Waals surface area contributed by atoms with E-state index in [1.807, 2.05) is 26.8 Å². The summed E-state index contributed by atoms with van der Waals surface area (Å²) in [6.07, 6.45) is 0. The summed E-state index contributed by atoms with van der Waals surface area (Å²) < 4.78 is 17.8. The first-order chi connectivity index (χ1) is 8.36. The van der Waals surface area contributed by atoms with Gasteiger partial charge in [0, 0.05) is 12.6 Å². The van der Waals surface area contributed by atoms with Gasteiger partial charge in [-0.25, -0.2) is 4.39 Å². The molecular weight excluding hydrogens is 233 g/mol. The first kappa shape index (κ1) is 14.6. The van der Waals surface area contributed by atoms with Crippen molar-refractivity contribution < 1.29 is 13.9 Å². The van der Waals surface area contributed by atoms with Gasteiger partial charge in [0.05, 0.1) is 12.5 Å². The number of ether oxygens (including phenoxy) is 1. The molecule has 3 nitrogen and oxygen atoms in total. The Morgan fingerprint density at radius 2 is 2.17 bits per heavy atom. The highest BCUT2D eigenvalue weighted by Crippen LogP contribution is 2.19. The molecule has 0 bridgehead atoms. The highest BCUT2D eigenvalue weighted by Gasteiger charge is 2.28. The van der Waals surface area contributed by atoms with Gasteiger partial charge >= 0.3 is 5.97 Å². The van der Waals surface area contributed by atoms with Crippen molar-refractivity contribution in [3.8, 4) is 0 Å². The summed E-state index contributed by atoms with van der Waals surface area (Å²) >= 11 is 0. The molecule has 0 aliphatic heterocycles. The molecule has 0 saturated carbocycles. The van der Waals surface area contributed by atoms with Crippen LogP contribution in [0.4, 0.5) is 4.39 Å². The Kier molecular flexibility index (Phi) is 4.84. The number of esters is 1. The minimum atomic E-state index is -0.601. The van der Waals surface area contributed by atoms with Crippen LogP contribution in [0.25, 0.3) is 0 Å². The van der Waals surface area contributed by atoms with E-state index in [1.54, 1.807) is 6.07 Å². The Labute approximate surface area is 107 Å². The van der Waals surface area contributed by atoms with Crippen molar-refractivity contribution >= 4 is 5.97 Å². The molecule has 4 heteroatoms. The maximum atomic E-state index is 13.1. The molecule has 0 saturated heterocycles. The van der Waals surface area contributed by atoms with Gasteiger partial charge in [0.15, 0.2) is 0 Å². The molecule has 1 rings (SSSR count). The quantitative estimate of drug-likeness (QED) is 0.820. The summed E-state index contributed by atoms with van der Waals surface area (Å²) in [6, 6.07) is 6.40. The van der Waals surface area contributed by atoms with Crippen LogP contribution in [0.1, 0.15) is 32.4 Å². The van der Waals surface area contributed by atoms with Crippen LogP contribution in [-0.4, -0.2) is 19.6 Å². The van der Waals surface area contributed by atoms with Crippen LogP contribution in [-0.2, 0) is 9.53 Å². The Hall–Kier alpha value is -1.42. The highest BCUT2D eigenvalue weighted by molar-refractivity contribution is 5.76. The maximum Gasteiger partial charge on any atom is 0.312 e. The van der Waals surface area contributed by atoms with Gasteiger partial charge in [0.1, 0.15) is 5.82 Å². The second-order valence-electron chi connectivity index (χ2n) is 5.03. The molecule has 18 heavy (non-hydrogen) atoms. The predicted octanol–water partition coefficient (Wildman–Crippen LogP) is 2.68. The van der Waals surface area contributed by atoms with E-state index in [4.69, 9.17) is 4.74 Å². The lowest BCUT2D eigenvalue weighted by Gasteiger charge is -2.24. The van der Waals surface area contributed by atoms with Gasteiger partial charge in [0.25, 0.3) is 0 Å². The third-order valence-electron chi connectivity index (χ3n) is 2.94. The zero-order valence-electron chi connectivity index (χ0n) is 11.3. The smallest absolute Gasteiger partial charge is 0.312 e. The molecule has 1 aromatic rings. The summed E-state index contributed by atoms with van der Waals surface area (Å²) in [6.45, 7) is 6.02. The number of hydrogen-bond acceptors (Lipinski definition) is 3. The number of carbonyl (C=O) groups excluding carboxylic acids is 1. The van der Waals surface area contributed by atoms with Gasteiger partial charge < -0.3 is 10.1 Å². The number of hydrogen-bond donors (Lipinski definition) is 1. The molecule has 0 heterocycles. The van der Waals surface area contributed by atoms with Crippen molar-refractivity contribution in [2.45, 2.75) is 26.8 Å². The van der Waals surface area contributed by atoms with Crippen LogP contribution in [0.2, 0.25) is 0 Å². The van der Waals surface area contributed by atoms with Crippen LogP contribution < -0.4 is 5.32 Å². The lowest BCUT2D eigenvalue weighted by Crippen LogP contribution is -2.38. The predicted molar refractivity (Wildman–Crippen MR) is 68.6 cm³/mol. The monoisotopic (exact) mass is 253 g/mol. The fourth-order valence-electron chi connectivity index (χ4n) is 1.65. The van der Waals surface area contributed by atoms with Crippen LogP contribution in [0.3, 0.4) is 0 Å². The van der Waals surface area contributed by atoms with E-state index in [2.05, 4.69) is 5.32 Å². The summed E-state index contributed by atoms with van der Waals surface area (Å²) in [5.74, 6) is -0.519. The van der Waals surface area contributed by atoms with Crippen LogP contribution >= 0.6 is 0 Å². The van der Waals surface area contributed by atoms with E-state index >= 15 is 0 Å². The topological polar surface area (TPSA) is 38.3 Å². The first-order valence-electron chi connectivity index (χ1n) is 5.94. The number of methoxy groups -OCH3 is 1. The average molecular weight is 253 g/mol. The SMILES string of the molecule is COC(=O)C(C)(C)CN[C@H](C)c1cccc(F)c1. The van der Waals surface area contributed by atoms with Crippen molar-refractivity contribution in [1.82, 2.24) is 5.32 Å². The number of carbonyl (C=O) groups is 1. The fourth-order valence-corrected chi connectivity index (χ4v) is 1.65. The molecule has 0 amide bonds. The molecule has 0 aliphatic rings. The maximum absolute atomic E-state index is 13.1. The molecule has 0 aliphatic carbocycles. The van der Waals surface area contributed by atoms with Gasteiger partial charge in [-0.15, -0.1) is 0 Å². The average Bonchev–Trinajstić information content (AvgIpc) is 2.35. The van der Waals surface area contributed by atoms with Gasteiger partial charge in [-0.2, -0.15) is 0 Å². The van der Waals surface area contributed by atoms with E-state index in [1.165, 1.54) is 19.2 Å². The molecule has 1 N–H and O–H groups in total. The lowest BCUT2D eigenvalue weighted by molar-refractivity contribution is -0.150. The zero-order chi connectivity index (χ0) is 13.8. The molecule has 0 fully saturated rings. The summed E-state index contributed by atoms with van der Waals surface area (Å²) in [4.78, 5) is 11.5. The normalized spacial score (nSPS) is 13.2. The molecule has 0 unspecified atom stereocenters. The number of rotatable bonds is 5. The van der Waals surface area contributed by atoms with Gasteiger partial charge in [-0.1, -0.05) is 12.1 Å². The van der Waals surface area contributed by atoms with Crippen molar-refractivity contribution in [3.63, 3.8) is 0 Å². The molecule has 1 atom stereocenters. The number of benzene rings is 1. The standard InChI is InChI=1S/C14H20FNO2/c1-10(11-6-5-7-12(15)8-11)16-9-14(2,3)13(17)18-4/h5-8,10,16H,9H2,1-4H3/t10-/m1/s1. The second-order valence-corrected chi connectivity index (χ2v) is 5.03. The molecule has 1 aromatic carbocycles.